The second-order valence-corrected chi connectivity index (χ2v) is 8.30. The van der Waals surface area contributed by atoms with Gasteiger partial charge in [-0.05, 0) is 42.0 Å². The number of aromatic nitrogens is 3. The Bertz CT molecular complexity index is 1200. The first-order valence-corrected chi connectivity index (χ1v) is 10.5. The molecule has 0 saturated heterocycles. The molecule has 7 heteroatoms. The van der Waals surface area contributed by atoms with Crippen molar-refractivity contribution in [2.75, 3.05) is 7.11 Å². The molecule has 0 spiro atoms. The summed E-state index contributed by atoms with van der Waals surface area (Å²) in [6.07, 6.45) is 0. The Morgan fingerprint density at radius 3 is 2.10 bits per heavy atom. The van der Waals surface area contributed by atoms with E-state index in [4.69, 9.17) is 4.74 Å². The fourth-order valence-electron chi connectivity index (χ4n) is 3.08. The van der Waals surface area contributed by atoms with Crippen LogP contribution in [0.25, 0.3) is 11.3 Å². The monoisotopic (exact) mass is 405 g/mol. The number of hydrogen-bond acceptors (Lipinski definition) is 5. The molecule has 0 aliphatic carbocycles. The molecule has 146 valence electrons. The fourth-order valence-corrected chi connectivity index (χ4v) is 4.44. The van der Waals surface area contributed by atoms with Crippen molar-refractivity contribution in [3.05, 3.63) is 90.5 Å². The van der Waals surface area contributed by atoms with E-state index in [1.165, 1.54) is 0 Å². The quantitative estimate of drug-likeness (QED) is 0.487. The van der Waals surface area contributed by atoms with Crippen LogP contribution in [-0.4, -0.2) is 30.5 Å². The van der Waals surface area contributed by atoms with Crippen molar-refractivity contribution in [2.45, 2.75) is 16.5 Å². The molecule has 1 heterocycles. The lowest BCUT2D eigenvalue weighted by molar-refractivity contribution is 0.415. The van der Waals surface area contributed by atoms with Crippen LogP contribution in [0, 0.1) is 0 Å². The average molecular weight is 405 g/mol. The van der Waals surface area contributed by atoms with Gasteiger partial charge in [0.15, 0.2) is 0 Å². The molecule has 0 unspecified atom stereocenters. The highest BCUT2D eigenvalue weighted by atomic mass is 32.2. The molecule has 0 saturated carbocycles. The Morgan fingerprint density at radius 2 is 1.48 bits per heavy atom. The number of benzene rings is 3. The van der Waals surface area contributed by atoms with Gasteiger partial charge < -0.3 is 4.74 Å². The minimum absolute atomic E-state index is 0.0650. The van der Waals surface area contributed by atoms with Gasteiger partial charge in [0.05, 0.1) is 18.6 Å². The number of ether oxygens (including phenoxy) is 1. The van der Waals surface area contributed by atoms with Crippen LogP contribution in [-0.2, 0) is 16.4 Å². The Morgan fingerprint density at radius 1 is 0.862 bits per heavy atom. The van der Waals surface area contributed by atoms with Crippen LogP contribution in [0.2, 0.25) is 0 Å². The van der Waals surface area contributed by atoms with Gasteiger partial charge in [0.2, 0.25) is 14.9 Å². The second-order valence-electron chi connectivity index (χ2n) is 6.43. The maximum absolute atomic E-state index is 13.3. The molecule has 6 nitrogen and oxygen atoms in total. The third kappa shape index (κ3) is 3.77. The van der Waals surface area contributed by atoms with Crippen LogP contribution in [0.3, 0.4) is 0 Å². The Kier molecular flexibility index (Phi) is 5.14. The first-order chi connectivity index (χ1) is 14.1. The van der Waals surface area contributed by atoms with E-state index < -0.39 is 9.84 Å². The third-order valence-electron chi connectivity index (χ3n) is 4.55. The highest BCUT2D eigenvalue weighted by Gasteiger charge is 2.28. The molecule has 0 amide bonds. The molecule has 0 aliphatic heterocycles. The average Bonchev–Trinajstić information content (AvgIpc) is 3.19. The largest absolute Gasteiger partial charge is 0.497 e. The molecule has 0 N–H and O–H groups in total. The molecule has 1 aromatic heterocycles. The molecule has 0 aliphatic rings. The highest BCUT2D eigenvalue weighted by Crippen LogP contribution is 2.31. The van der Waals surface area contributed by atoms with Crippen LogP contribution in [0.1, 0.15) is 5.56 Å². The van der Waals surface area contributed by atoms with E-state index in [1.807, 2.05) is 42.5 Å². The van der Waals surface area contributed by atoms with E-state index in [9.17, 15) is 8.42 Å². The highest BCUT2D eigenvalue weighted by molar-refractivity contribution is 7.91. The van der Waals surface area contributed by atoms with Gasteiger partial charge in [0.25, 0.3) is 0 Å². The van der Waals surface area contributed by atoms with Gasteiger partial charge in [-0.2, -0.15) is 0 Å². The van der Waals surface area contributed by atoms with Crippen molar-refractivity contribution in [3.63, 3.8) is 0 Å². The molecule has 0 bridgehead atoms. The lowest BCUT2D eigenvalue weighted by Crippen LogP contribution is -2.07. The van der Waals surface area contributed by atoms with Gasteiger partial charge in [-0.1, -0.05) is 53.7 Å². The summed E-state index contributed by atoms with van der Waals surface area (Å²) in [7, 11) is -2.25. The first-order valence-electron chi connectivity index (χ1n) is 9.01. The van der Waals surface area contributed by atoms with Gasteiger partial charge >= 0.3 is 0 Å². The fraction of sp³-hybridized carbons (Fsp3) is 0.0909. The standard InChI is InChI=1S/C22H19N3O3S/c1-28-19-14-12-18(13-15-19)21-22(29(26,27)20-10-6-3-7-11-20)23-24-25(21)16-17-8-4-2-5-9-17/h2-15H,16H2,1H3. The normalized spacial score (nSPS) is 11.3. The smallest absolute Gasteiger partial charge is 0.227 e. The second kappa shape index (κ2) is 7.89. The molecule has 4 aromatic rings. The molecular formula is C22H19N3O3S. The predicted molar refractivity (Wildman–Crippen MR) is 109 cm³/mol. The minimum Gasteiger partial charge on any atom is -0.497 e. The summed E-state index contributed by atoms with van der Waals surface area (Å²) in [5.74, 6) is 0.684. The van der Waals surface area contributed by atoms with E-state index in [1.54, 1.807) is 54.3 Å². The summed E-state index contributed by atoms with van der Waals surface area (Å²) in [4.78, 5) is 0.182. The molecule has 29 heavy (non-hydrogen) atoms. The summed E-state index contributed by atoms with van der Waals surface area (Å²) >= 11 is 0. The molecule has 0 atom stereocenters. The molecule has 0 fully saturated rings. The van der Waals surface area contributed by atoms with E-state index in [0.29, 0.717) is 23.6 Å². The van der Waals surface area contributed by atoms with Crippen LogP contribution >= 0.6 is 0 Å². The lowest BCUT2D eigenvalue weighted by Gasteiger charge is -2.10. The Hall–Kier alpha value is -3.45. The third-order valence-corrected chi connectivity index (χ3v) is 6.23. The zero-order chi connectivity index (χ0) is 20.3. The SMILES string of the molecule is COc1ccc(-c2c(S(=O)(=O)c3ccccc3)nnn2Cc2ccccc2)cc1. The molecule has 3 aromatic carbocycles. The van der Waals surface area contributed by atoms with Crippen molar-refractivity contribution in [2.24, 2.45) is 0 Å². The summed E-state index contributed by atoms with van der Waals surface area (Å²) in [6, 6.07) is 25.2. The maximum Gasteiger partial charge on any atom is 0.227 e. The van der Waals surface area contributed by atoms with Crippen molar-refractivity contribution in [1.29, 1.82) is 0 Å². The van der Waals surface area contributed by atoms with Crippen molar-refractivity contribution < 1.29 is 13.2 Å². The van der Waals surface area contributed by atoms with Gasteiger partial charge in [-0.25, -0.2) is 13.1 Å². The van der Waals surface area contributed by atoms with Crippen LogP contribution in [0.5, 0.6) is 5.75 Å². The molecule has 4 rings (SSSR count). The summed E-state index contributed by atoms with van der Waals surface area (Å²) in [5, 5.41) is 8.19. The Labute approximate surface area is 169 Å². The molecule has 0 radical (unpaired) electrons. The van der Waals surface area contributed by atoms with Gasteiger partial charge in [0.1, 0.15) is 11.4 Å². The minimum atomic E-state index is -3.83. The predicted octanol–water partition coefficient (Wildman–Crippen LogP) is 3.83. The lowest BCUT2D eigenvalue weighted by atomic mass is 10.1. The Balaban J connectivity index is 1.87. The van der Waals surface area contributed by atoms with Crippen molar-refractivity contribution in [1.82, 2.24) is 15.0 Å². The number of rotatable bonds is 6. The summed E-state index contributed by atoms with van der Waals surface area (Å²) < 4.78 is 33.4. The maximum atomic E-state index is 13.3. The van der Waals surface area contributed by atoms with Crippen LogP contribution in [0.15, 0.2) is 94.9 Å². The topological polar surface area (TPSA) is 74.1 Å². The number of methoxy groups -OCH3 is 1. The number of sulfone groups is 1. The van der Waals surface area contributed by atoms with Gasteiger partial charge in [0, 0.05) is 5.56 Å². The molecular weight excluding hydrogens is 386 g/mol. The van der Waals surface area contributed by atoms with E-state index in [-0.39, 0.29) is 9.92 Å². The van der Waals surface area contributed by atoms with Crippen LogP contribution < -0.4 is 4.74 Å². The zero-order valence-corrected chi connectivity index (χ0v) is 16.6. The van der Waals surface area contributed by atoms with E-state index in [0.717, 1.165) is 5.56 Å². The van der Waals surface area contributed by atoms with Crippen molar-refractivity contribution in [3.8, 4) is 17.0 Å². The first kappa shape index (κ1) is 18.9. The van der Waals surface area contributed by atoms with E-state index in [2.05, 4.69) is 10.3 Å². The van der Waals surface area contributed by atoms with E-state index >= 15 is 0 Å². The number of hydrogen-bond donors (Lipinski definition) is 0. The van der Waals surface area contributed by atoms with Crippen LogP contribution in [0.4, 0.5) is 0 Å². The van der Waals surface area contributed by atoms with Crippen molar-refractivity contribution >= 4 is 9.84 Å². The zero-order valence-electron chi connectivity index (χ0n) is 15.8. The summed E-state index contributed by atoms with van der Waals surface area (Å²) in [6.45, 7) is 0.402. The van der Waals surface area contributed by atoms with Gasteiger partial charge in [-0.3, -0.25) is 0 Å². The number of nitrogens with zero attached hydrogens (tertiary/aromatic N) is 3. The van der Waals surface area contributed by atoms with Gasteiger partial charge in [-0.15, -0.1) is 5.10 Å². The summed E-state index contributed by atoms with van der Waals surface area (Å²) in [5.41, 5.74) is 2.14.